The lowest BCUT2D eigenvalue weighted by molar-refractivity contribution is 0.0122. The number of carbonyl (C=O) groups excluding carboxylic acids is 1. The molecule has 12 heteroatoms. The molecule has 0 spiro atoms. The Morgan fingerprint density at radius 2 is 2.18 bits per heavy atom. The van der Waals surface area contributed by atoms with Crippen molar-refractivity contribution in [2.45, 2.75) is 25.0 Å². The van der Waals surface area contributed by atoms with E-state index in [1.807, 2.05) is 0 Å². The topological polar surface area (TPSA) is 130 Å². The normalized spacial score (nSPS) is 18.2. The van der Waals surface area contributed by atoms with Crippen LogP contribution in [-0.4, -0.2) is 53.1 Å². The third kappa shape index (κ3) is 6.32. The molecule has 0 saturated carbocycles. The largest absolute Gasteiger partial charge is 0.389 e. The number of nitrogens with two attached hydrogens (primary N) is 2. The minimum absolute atomic E-state index is 0.0397. The maximum Gasteiger partial charge on any atom is 0.277 e. The molecular weight excluding hydrogens is 454 g/mol. The number of thiazole rings is 1. The Bertz CT molecular complexity index is 1090. The minimum Gasteiger partial charge on any atom is -0.389 e. The Hall–Kier alpha value is -2.93. The molecule has 5 N–H and O–H groups in total. The van der Waals surface area contributed by atoms with Crippen LogP contribution >= 0.6 is 11.3 Å². The Balaban J connectivity index is 0.000000257. The summed E-state index contributed by atoms with van der Waals surface area (Å²) in [6, 6.07) is 3.90. The zero-order valence-electron chi connectivity index (χ0n) is 18.3. The van der Waals surface area contributed by atoms with Crippen molar-refractivity contribution in [2.24, 2.45) is 12.8 Å². The lowest BCUT2D eigenvalue weighted by Crippen LogP contribution is -2.37. The molecule has 1 amide bonds. The van der Waals surface area contributed by atoms with E-state index in [1.165, 1.54) is 23.0 Å². The maximum absolute atomic E-state index is 13.8. The van der Waals surface area contributed by atoms with Gasteiger partial charge >= 0.3 is 0 Å². The van der Waals surface area contributed by atoms with Gasteiger partial charge in [-0.3, -0.25) is 9.48 Å². The average molecular weight is 481 g/mol. The standard InChI is InChI=1S/C14H11F2N5OS.C7H15NO2/c1-21-6-7(5-18-21)19-13(22)11-12(17)23-14(20-11)8-3-2-4-9(15)10(8)16;1-9-7-5-10-4-2-3-6(7)8/h2-6H,17H2,1H3,(H,19,22);6-7H,2-5,8H2,1H3. The monoisotopic (exact) mass is 480 g/mol. The number of nitrogens with one attached hydrogen (secondary N) is 1. The number of anilines is 2. The highest BCUT2D eigenvalue weighted by atomic mass is 32.1. The molecule has 1 aromatic carbocycles. The molecule has 0 radical (unpaired) electrons. The third-order valence-electron chi connectivity index (χ3n) is 4.90. The molecule has 3 heterocycles. The number of amides is 1. The van der Waals surface area contributed by atoms with Crippen molar-refractivity contribution in [3.8, 4) is 10.6 Å². The number of nitrogens with zero attached hydrogens (tertiary/aromatic N) is 3. The van der Waals surface area contributed by atoms with Crippen LogP contribution in [0.3, 0.4) is 0 Å². The van der Waals surface area contributed by atoms with Crippen LogP contribution in [0.15, 0.2) is 30.6 Å². The highest BCUT2D eigenvalue weighted by Crippen LogP contribution is 2.32. The summed E-state index contributed by atoms with van der Waals surface area (Å²) >= 11 is 0.913. The number of hydrogen-bond donors (Lipinski definition) is 3. The lowest BCUT2D eigenvalue weighted by Gasteiger charge is -2.17. The Labute approximate surface area is 193 Å². The molecule has 1 aliphatic rings. The lowest BCUT2D eigenvalue weighted by atomic mass is 10.1. The Morgan fingerprint density at radius 3 is 2.88 bits per heavy atom. The first-order chi connectivity index (χ1) is 15.8. The fraction of sp³-hybridized carbons (Fsp3) is 0.381. The number of aromatic nitrogens is 3. The molecule has 1 aliphatic heterocycles. The van der Waals surface area contributed by atoms with E-state index in [1.54, 1.807) is 20.4 Å². The van der Waals surface area contributed by atoms with Crippen LogP contribution in [0.1, 0.15) is 23.3 Å². The van der Waals surface area contributed by atoms with Crippen LogP contribution < -0.4 is 16.8 Å². The van der Waals surface area contributed by atoms with E-state index in [-0.39, 0.29) is 33.4 Å². The number of halogens is 2. The quantitative estimate of drug-likeness (QED) is 0.523. The fourth-order valence-electron chi connectivity index (χ4n) is 3.13. The van der Waals surface area contributed by atoms with Crippen LogP contribution in [-0.2, 0) is 16.5 Å². The molecular formula is C21H26F2N6O3S. The van der Waals surface area contributed by atoms with E-state index >= 15 is 0 Å². The van der Waals surface area contributed by atoms with Crippen molar-refractivity contribution in [1.29, 1.82) is 0 Å². The van der Waals surface area contributed by atoms with Gasteiger partial charge in [0.1, 0.15) is 10.0 Å². The van der Waals surface area contributed by atoms with Crippen molar-refractivity contribution in [1.82, 2.24) is 14.8 Å². The molecule has 2 unspecified atom stereocenters. The number of methoxy groups -OCH3 is 1. The maximum atomic E-state index is 13.8. The predicted octanol–water partition coefficient (Wildman–Crippen LogP) is 2.80. The number of rotatable bonds is 4. The van der Waals surface area contributed by atoms with Crippen molar-refractivity contribution >= 4 is 27.9 Å². The molecule has 0 bridgehead atoms. The van der Waals surface area contributed by atoms with E-state index < -0.39 is 17.5 Å². The molecule has 4 rings (SSSR count). The number of carbonyl (C=O) groups is 1. The molecule has 2 atom stereocenters. The van der Waals surface area contributed by atoms with Crippen molar-refractivity contribution in [3.63, 3.8) is 0 Å². The molecule has 3 aromatic rings. The van der Waals surface area contributed by atoms with Gasteiger partial charge in [0.15, 0.2) is 17.3 Å². The van der Waals surface area contributed by atoms with Crippen molar-refractivity contribution < 1.29 is 23.0 Å². The number of nitrogen functional groups attached to an aromatic ring is 1. The number of hydrogen-bond acceptors (Lipinski definition) is 8. The van der Waals surface area contributed by atoms with E-state index in [0.29, 0.717) is 12.3 Å². The van der Waals surface area contributed by atoms with Gasteiger partial charge in [-0.1, -0.05) is 17.4 Å². The summed E-state index contributed by atoms with van der Waals surface area (Å²) in [5, 5.41) is 6.76. The summed E-state index contributed by atoms with van der Waals surface area (Å²) in [6.07, 6.45) is 5.24. The average Bonchev–Trinajstić information content (AvgIpc) is 3.30. The minimum atomic E-state index is -1.03. The van der Waals surface area contributed by atoms with Gasteiger partial charge in [-0.2, -0.15) is 5.10 Å². The first-order valence-corrected chi connectivity index (χ1v) is 11.0. The summed E-state index contributed by atoms with van der Waals surface area (Å²) in [7, 11) is 3.39. The second-order valence-electron chi connectivity index (χ2n) is 7.35. The fourth-order valence-corrected chi connectivity index (χ4v) is 3.98. The van der Waals surface area contributed by atoms with Crippen LogP contribution in [0.2, 0.25) is 0 Å². The van der Waals surface area contributed by atoms with Gasteiger partial charge < -0.3 is 26.3 Å². The molecule has 2 aromatic heterocycles. The van der Waals surface area contributed by atoms with Gasteiger partial charge in [0.25, 0.3) is 5.91 Å². The summed E-state index contributed by atoms with van der Waals surface area (Å²) in [4.78, 5) is 16.2. The zero-order chi connectivity index (χ0) is 24.0. The Morgan fingerprint density at radius 1 is 1.39 bits per heavy atom. The third-order valence-corrected chi connectivity index (χ3v) is 5.82. The van der Waals surface area contributed by atoms with Crippen molar-refractivity contribution in [3.05, 3.63) is 47.9 Å². The first kappa shape index (κ1) is 24.7. The molecule has 0 aliphatic carbocycles. The second kappa shape index (κ2) is 11.3. The van der Waals surface area contributed by atoms with Crippen LogP contribution in [0.5, 0.6) is 0 Å². The number of aryl methyl sites for hydroxylation is 1. The molecule has 1 saturated heterocycles. The van der Waals surface area contributed by atoms with Gasteiger partial charge in [0, 0.05) is 38.6 Å². The predicted molar refractivity (Wildman–Crippen MR) is 122 cm³/mol. The molecule has 1 fully saturated rings. The smallest absolute Gasteiger partial charge is 0.277 e. The number of benzene rings is 1. The van der Waals surface area contributed by atoms with Gasteiger partial charge in [0.05, 0.1) is 24.6 Å². The molecule has 9 nitrogen and oxygen atoms in total. The van der Waals surface area contributed by atoms with E-state index in [4.69, 9.17) is 20.9 Å². The first-order valence-electron chi connectivity index (χ1n) is 10.2. The van der Waals surface area contributed by atoms with Crippen LogP contribution in [0.4, 0.5) is 19.5 Å². The van der Waals surface area contributed by atoms with Crippen LogP contribution in [0, 0.1) is 11.6 Å². The summed E-state index contributed by atoms with van der Waals surface area (Å²) in [6.45, 7) is 1.48. The van der Waals surface area contributed by atoms with Gasteiger partial charge in [-0.05, 0) is 25.0 Å². The summed E-state index contributed by atoms with van der Waals surface area (Å²) in [5.41, 5.74) is 12.0. The Kier molecular flexibility index (Phi) is 8.44. The van der Waals surface area contributed by atoms with Gasteiger partial charge in [-0.15, -0.1) is 0 Å². The SMILES string of the molecule is COC1COCCCC1N.Cn1cc(NC(=O)c2nc(-c3cccc(F)c3F)sc2N)cn1. The zero-order valence-corrected chi connectivity index (χ0v) is 19.1. The highest BCUT2D eigenvalue weighted by molar-refractivity contribution is 7.19. The van der Waals surface area contributed by atoms with Gasteiger partial charge in [0.2, 0.25) is 0 Å². The molecule has 178 valence electrons. The molecule has 33 heavy (non-hydrogen) atoms. The van der Waals surface area contributed by atoms with E-state index in [0.717, 1.165) is 36.9 Å². The van der Waals surface area contributed by atoms with Gasteiger partial charge in [-0.25, -0.2) is 13.8 Å². The summed E-state index contributed by atoms with van der Waals surface area (Å²) in [5.74, 6) is -2.56. The number of ether oxygens (including phenoxy) is 2. The van der Waals surface area contributed by atoms with E-state index in [9.17, 15) is 13.6 Å². The van der Waals surface area contributed by atoms with Crippen LogP contribution in [0.25, 0.3) is 10.6 Å². The highest BCUT2D eigenvalue weighted by Gasteiger charge is 2.21. The van der Waals surface area contributed by atoms with E-state index in [2.05, 4.69) is 15.4 Å². The summed E-state index contributed by atoms with van der Waals surface area (Å²) < 4.78 is 39.0. The second-order valence-corrected chi connectivity index (χ2v) is 8.38. The van der Waals surface area contributed by atoms with Crippen molar-refractivity contribution in [2.75, 3.05) is 31.4 Å².